The molecule has 19 heavy (non-hydrogen) atoms. The Morgan fingerprint density at radius 3 is 2.95 bits per heavy atom. The molecule has 0 bridgehead atoms. The molecule has 5 nitrogen and oxygen atoms in total. The number of ether oxygens (including phenoxy) is 1. The van der Waals surface area contributed by atoms with E-state index >= 15 is 0 Å². The van der Waals surface area contributed by atoms with Gasteiger partial charge >= 0.3 is 5.97 Å². The third kappa shape index (κ3) is 2.69. The standard InChI is InChI=1S/C13H17FN2O3/c1-19-10-4-2-3-9(11(10)14)7-16-6-5-13(15,8-16)12(17)18/h2-4H,5-8,15H2,1H3,(H,17,18). The summed E-state index contributed by atoms with van der Waals surface area (Å²) in [6.45, 7) is 1.09. The molecule has 0 spiro atoms. The van der Waals surface area contributed by atoms with Crippen molar-refractivity contribution in [3.05, 3.63) is 29.6 Å². The molecule has 0 saturated carbocycles. The second kappa shape index (κ2) is 5.14. The molecule has 6 heteroatoms. The Morgan fingerprint density at radius 2 is 2.37 bits per heavy atom. The minimum atomic E-state index is -1.23. The van der Waals surface area contributed by atoms with Crippen LogP contribution in [0.15, 0.2) is 18.2 Å². The van der Waals surface area contributed by atoms with Gasteiger partial charge in [-0.1, -0.05) is 12.1 Å². The van der Waals surface area contributed by atoms with Crippen molar-refractivity contribution < 1.29 is 19.0 Å². The molecular formula is C13H17FN2O3. The Kier molecular flexibility index (Phi) is 3.73. The number of carboxylic acids is 1. The predicted molar refractivity (Wildman–Crippen MR) is 67.4 cm³/mol. The maximum absolute atomic E-state index is 14.0. The average molecular weight is 268 g/mol. The highest BCUT2D eigenvalue weighted by atomic mass is 19.1. The smallest absolute Gasteiger partial charge is 0.325 e. The van der Waals surface area contributed by atoms with E-state index in [1.54, 1.807) is 18.2 Å². The summed E-state index contributed by atoms with van der Waals surface area (Å²) in [6.07, 6.45) is 0.369. The Balaban J connectivity index is 2.10. The van der Waals surface area contributed by atoms with Gasteiger partial charge in [-0.2, -0.15) is 0 Å². The van der Waals surface area contributed by atoms with Gasteiger partial charge in [0.1, 0.15) is 5.54 Å². The minimum Gasteiger partial charge on any atom is -0.494 e. The van der Waals surface area contributed by atoms with Crippen molar-refractivity contribution in [1.29, 1.82) is 0 Å². The topological polar surface area (TPSA) is 75.8 Å². The molecule has 1 heterocycles. The number of carboxylic acid groups (broad SMARTS) is 1. The van der Waals surface area contributed by atoms with Gasteiger partial charge in [-0.05, 0) is 12.5 Å². The zero-order valence-corrected chi connectivity index (χ0v) is 10.7. The normalized spacial score (nSPS) is 23.5. The summed E-state index contributed by atoms with van der Waals surface area (Å²) in [6, 6.07) is 4.92. The van der Waals surface area contributed by atoms with E-state index in [9.17, 15) is 9.18 Å². The second-order valence-electron chi connectivity index (χ2n) is 4.86. The van der Waals surface area contributed by atoms with E-state index in [1.165, 1.54) is 7.11 Å². The van der Waals surface area contributed by atoms with Crippen LogP contribution in [0.5, 0.6) is 5.75 Å². The number of methoxy groups -OCH3 is 1. The lowest BCUT2D eigenvalue weighted by Gasteiger charge is -2.20. The molecule has 1 aromatic rings. The van der Waals surface area contributed by atoms with Gasteiger partial charge in [-0.3, -0.25) is 9.69 Å². The molecule has 1 aromatic carbocycles. The quantitative estimate of drug-likeness (QED) is 0.845. The van der Waals surface area contributed by atoms with E-state index in [4.69, 9.17) is 15.6 Å². The molecule has 1 saturated heterocycles. The number of nitrogens with two attached hydrogens (primary N) is 1. The number of hydrogen-bond acceptors (Lipinski definition) is 4. The van der Waals surface area contributed by atoms with E-state index in [0.717, 1.165) is 0 Å². The SMILES string of the molecule is COc1cccc(CN2CCC(N)(C(=O)O)C2)c1F. The van der Waals surface area contributed by atoms with Gasteiger partial charge < -0.3 is 15.6 Å². The summed E-state index contributed by atoms with van der Waals surface area (Å²) in [5.41, 5.74) is 5.03. The third-order valence-corrected chi connectivity index (χ3v) is 3.46. The van der Waals surface area contributed by atoms with Crippen molar-refractivity contribution in [1.82, 2.24) is 4.90 Å². The lowest BCUT2D eigenvalue weighted by molar-refractivity contribution is -0.142. The molecule has 0 amide bonds. The van der Waals surface area contributed by atoms with E-state index < -0.39 is 17.3 Å². The van der Waals surface area contributed by atoms with Gasteiger partial charge in [0, 0.05) is 25.2 Å². The molecule has 104 valence electrons. The van der Waals surface area contributed by atoms with E-state index in [0.29, 0.717) is 25.1 Å². The van der Waals surface area contributed by atoms with Crippen LogP contribution in [-0.4, -0.2) is 41.7 Å². The second-order valence-corrected chi connectivity index (χ2v) is 4.86. The van der Waals surface area contributed by atoms with Gasteiger partial charge in [-0.25, -0.2) is 4.39 Å². The Hall–Kier alpha value is -1.66. The summed E-state index contributed by atoms with van der Waals surface area (Å²) in [4.78, 5) is 12.9. The Bertz CT molecular complexity index is 495. The molecule has 3 N–H and O–H groups in total. The highest BCUT2D eigenvalue weighted by Gasteiger charge is 2.41. The van der Waals surface area contributed by atoms with Crippen LogP contribution >= 0.6 is 0 Å². The van der Waals surface area contributed by atoms with Crippen molar-refractivity contribution in [2.75, 3.05) is 20.2 Å². The van der Waals surface area contributed by atoms with Crippen LogP contribution in [0.25, 0.3) is 0 Å². The van der Waals surface area contributed by atoms with E-state index in [2.05, 4.69) is 0 Å². The lowest BCUT2D eigenvalue weighted by Crippen LogP contribution is -2.50. The van der Waals surface area contributed by atoms with Crippen LogP contribution in [-0.2, 0) is 11.3 Å². The van der Waals surface area contributed by atoms with Crippen molar-refractivity contribution >= 4 is 5.97 Å². The average Bonchev–Trinajstić information content (AvgIpc) is 2.75. The maximum atomic E-state index is 14.0. The van der Waals surface area contributed by atoms with E-state index in [-0.39, 0.29) is 12.3 Å². The van der Waals surface area contributed by atoms with Gasteiger partial charge in [-0.15, -0.1) is 0 Å². The number of rotatable bonds is 4. The number of hydrogen-bond donors (Lipinski definition) is 2. The maximum Gasteiger partial charge on any atom is 0.325 e. The fourth-order valence-electron chi connectivity index (χ4n) is 2.30. The number of nitrogens with zero attached hydrogens (tertiary/aromatic N) is 1. The lowest BCUT2D eigenvalue weighted by atomic mass is 10.0. The number of benzene rings is 1. The van der Waals surface area contributed by atoms with Gasteiger partial charge in [0.05, 0.1) is 7.11 Å². The first-order chi connectivity index (χ1) is 8.96. The van der Waals surface area contributed by atoms with Crippen LogP contribution in [0.4, 0.5) is 4.39 Å². The summed E-state index contributed by atoms with van der Waals surface area (Å²) in [7, 11) is 1.41. The molecule has 2 rings (SSSR count). The molecule has 0 aromatic heterocycles. The zero-order valence-electron chi connectivity index (χ0n) is 10.7. The Morgan fingerprint density at radius 1 is 1.63 bits per heavy atom. The van der Waals surface area contributed by atoms with Gasteiger partial charge in [0.15, 0.2) is 11.6 Å². The fourth-order valence-corrected chi connectivity index (χ4v) is 2.30. The summed E-state index contributed by atoms with van der Waals surface area (Å²) < 4.78 is 18.9. The highest BCUT2D eigenvalue weighted by Crippen LogP contribution is 2.25. The molecule has 1 aliphatic heterocycles. The van der Waals surface area contributed by atoms with Crippen molar-refractivity contribution in [3.63, 3.8) is 0 Å². The van der Waals surface area contributed by atoms with Crippen LogP contribution in [0.2, 0.25) is 0 Å². The highest BCUT2D eigenvalue weighted by molar-refractivity contribution is 5.79. The van der Waals surface area contributed by atoms with Crippen LogP contribution in [0, 0.1) is 5.82 Å². The molecule has 1 atom stereocenters. The summed E-state index contributed by atoms with van der Waals surface area (Å²) in [5.74, 6) is -1.23. The van der Waals surface area contributed by atoms with Crippen molar-refractivity contribution in [2.45, 2.75) is 18.5 Å². The largest absolute Gasteiger partial charge is 0.494 e. The van der Waals surface area contributed by atoms with Gasteiger partial charge in [0.2, 0.25) is 0 Å². The number of aliphatic carboxylic acids is 1. The molecule has 0 aliphatic carbocycles. The number of likely N-dealkylation sites (tertiary alicyclic amines) is 1. The van der Waals surface area contributed by atoms with Crippen LogP contribution < -0.4 is 10.5 Å². The third-order valence-electron chi connectivity index (χ3n) is 3.46. The molecule has 0 radical (unpaired) electrons. The zero-order chi connectivity index (χ0) is 14.0. The summed E-state index contributed by atoms with van der Waals surface area (Å²) >= 11 is 0. The van der Waals surface area contributed by atoms with Gasteiger partial charge in [0.25, 0.3) is 0 Å². The van der Waals surface area contributed by atoms with Crippen molar-refractivity contribution in [3.8, 4) is 5.75 Å². The molecular weight excluding hydrogens is 251 g/mol. The first-order valence-electron chi connectivity index (χ1n) is 6.02. The first kappa shape index (κ1) is 13.8. The molecule has 1 fully saturated rings. The van der Waals surface area contributed by atoms with Crippen LogP contribution in [0.3, 0.4) is 0 Å². The molecule has 1 aliphatic rings. The number of halogens is 1. The number of carbonyl (C=O) groups is 1. The van der Waals surface area contributed by atoms with E-state index in [1.807, 2.05) is 4.90 Å². The monoisotopic (exact) mass is 268 g/mol. The van der Waals surface area contributed by atoms with Crippen molar-refractivity contribution in [2.24, 2.45) is 5.73 Å². The first-order valence-corrected chi connectivity index (χ1v) is 6.02. The molecule has 1 unspecified atom stereocenters. The summed E-state index contributed by atoms with van der Waals surface area (Å²) in [5, 5.41) is 9.05. The predicted octanol–water partition coefficient (Wildman–Crippen LogP) is 0.822. The fraction of sp³-hybridized carbons (Fsp3) is 0.462. The van der Waals surface area contributed by atoms with Crippen LogP contribution in [0.1, 0.15) is 12.0 Å². The Labute approximate surface area is 110 Å². The minimum absolute atomic E-state index is 0.189.